The maximum atomic E-state index is 5.51. The number of hydrogen-bond acceptors (Lipinski definition) is 4. The second-order valence-electron chi connectivity index (χ2n) is 5.82. The predicted octanol–water partition coefficient (Wildman–Crippen LogP) is 2.28. The molecule has 1 N–H and O–H groups in total. The Morgan fingerprint density at radius 2 is 2.05 bits per heavy atom. The summed E-state index contributed by atoms with van der Waals surface area (Å²) in [5, 5.41) is 3.64. The minimum atomic E-state index is 0.752. The summed E-state index contributed by atoms with van der Waals surface area (Å²) in [5.41, 5.74) is 1.18. The van der Waals surface area contributed by atoms with Crippen LogP contribution in [-0.4, -0.2) is 39.9 Å². The van der Waals surface area contributed by atoms with Crippen LogP contribution < -0.4 is 19.7 Å². The molecule has 1 aliphatic heterocycles. The van der Waals surface area contributed by atoms with Crippen molar-refractivity contribution < 1.29 is 9.47 Å². The Morgan fingerprint density at radius 3 is 2.75 bits per heavy atom. The minimum absolute atomic E-state index is 0.752. The van der Waals surface area contributed by atoms with E-state index >= 15 is 0 Å². The van der Waals surface area contributed by atoms with E-state index in [0.29, 0.717) is 0 Å². The van der Waals surface area contributed by atoms with E-state index < -0.39 is 0 Å². The summed E-state index contributed by atoms with van der Waals surface area (Å²) in [6, 6.07) is 6.88. The van der Waals surface area contributed by atoms with E-state index in [2.05, 4.69) is 16.3 Å². The molecule has 1 aliphatic carbocycles. The molecule has 20 heavy (non-hydrogen) atoms. The van der Waals surface area contributed by atoms with Gasteiger partial charge < -0.3 is 19.7 Å². The van der Waals surface area contributed by atoms with Crippen molar-refractivity contribution >= 4 is 5.69 Å². The third-order valence-electron chi connectivity index (χ3n) is 4.29. The Bertz CT molecular complexity index is 460. The van der Waals surface area contributed by atoms with Gasteiger partial charge in [-0.3, -0.25) is 0 Å². The number of benzene rings is 1. The Morgan fingerprint density at radius 1 is 1.20 bits per heavy atom. The van der Waals surface area contributed by atoms with E-state index in [1.807, 2.05) is 12.1 Å². The number of anilines is 1. The molecule has 110 valence electrons. The van der Waals surface area contributed by atoms with E-state index in [9.17, 15) is 0 Å². The van der Waals surface area contributed by atoms with Crippen molar-refractivity contribution in [2.45, 2.75) is 25.3 Å². The van der Waals surface area contributed by atoms with E-state index in [4.69, 9.17) is 9.47 Å². The van der Waals surface area contributed by atoms with Crippen LogP contribution in [0, 0.1) is 5.92 Å². The molecule has 0 amide bonds. The molecular weight excluding hydrogens is 252 g/mol. The van der Waals surface area contributed by atoms with Gasteiger partial charge in [0.25, 0.3) is 0 Å². The van der Waals surface area contributed by atoms with E-state index in [1.165, 1.54) is 24.9 Å². The highest BCUT2D eigenvalue weighted by molar-refractivity contribution is 5.61. The molecule has 1 aromatic carbocycles. The fourth-order valence-electron chi connectivity index (χ4n) is 2.89. The molecule has 1 heterocycles. The molecule has 1 saturated heterocycles. The van der Waals surface area contributed by atoms with Gasteiger partial charge in [0.1, 0.15) is 11.5 Å². The lowest BCUT2D eigenvalue weighted by Crippen LogP contribution is -2.27. The van der Waals surface area contributed by atoms with Crippen LogP contribution in [0.4, 0.5) is 5.69 Å². The van der Waals surface area contributed by atoms with Gasteiger partial charge in [0.05, 0.1) is 19.9 Å². The summed E-state index contributed by atoms with van der Waals surface area (Å²) in [4.78, 5) is 2.43. The van der Waals surface area contributed by atoms with Crippen LogP contribution in [0.2, 0.25) is 0 Å². The van der Waals surface area contributed by atoms with Crippen molar-refractivity contribution in [2.24, 2.45) is 5.92 Å². The first-order valence-corrected chi connectivity index (χ1v) is 7.50. The highest BCUT2D eigenvalue weighted by atomic mass is 16.5. The van der Waals surface area contributed by atoms with Gasteiger partial charge in [-0.1, -0.05) is 0 Å². The van der Waals surface area contributed by atoms with Gasteiger partial charge in [-0.15, -0.1) is 0 Å². The standard InChI is InChI=1S/C16H24N2O2/c1-19-14-5-6-15(16(9-14)20-2)18-8-7-12(11-18)10-17-13-3-4-13/h5-6,9,12-13,17H,3-4,7-8,10-11H2,1-2H3. The van der Waals surface area contributed by atoms with Crippen LogP contribution in [-0.2, 0) is 0 Å². The number of nitrogens with one attached hydrogen (secondary N) is 1. The summed E-state index contributed by atoms with van der Waals surface area (Å²) < 4.78 is 10.8. The largest absolute Gasteiger partial charge is 0.497 e. The Balaban J connectivity index is 1.63. The fraction of sp³-hybridized carbons (Fsp3) is 0.625. The molecule has 1 aromatic rings. The predicted molar refractivity (Wildman–Crippen MR) is 80.9 cm³/mol. The first-order chi connectivity index (χ1) is 9.80. The van der Waals surface area contributed by atoms with Crippen LogP contribution in [0.3, 0.4) is 0 Å². The maximum absolute atomic E-state index is 5.51. The highest BCUT2D eigenvalue weighted by Crippen LogP contribution is 2.35. The molecule has 0 radical (unpaired) electrons. The van der Waals surface area contributed by atoms with Gasteiger partial charge in [-0.05, 0) is 43.9 Å². The maximum Gasteiger partial charge on any atom is 0.145 e. The summed E-state index contributed by atoms with van der Waals surface area (Å²) in [7, 11) is 3.41. The lowest BCUT2D eigenvalue weighted by molar-refractivity contribution is 0.394. The average Bonchev–Trinajstić information content (AvgIpc) is 3.21. The Kier molecular flexibility index (Phi) is 4.01. The first kappa shape index (κ1) is 13.6. The summed E-state index contributed by atoms with van der Waals surface area (Å²) in [5.74, 6) is 2.50. The number of hydrogen-bond donors (Lipinski definition) is 1. The summed E-state index contributed by atoms with van der Waals surface area (Å²) >= 11 is 0. The molecule has 4 heteroatoms. The van der Waals surface area contributed by atoms with Crippen LogP contribution in [0.1, 0.15) is 19.3 Å². The van der Waals surface area contributed by atoms with E-state index in [-0.39, 0.29) is 0 Å². The Labute approximate surface area is 121 Å². The average molecular weight is 276 g/mol. The normalized spacial score (nSPS) is 22.1. The van der Waals surface area contributed by atoms with Crippen molar-refractivity contribution in [1.82, 2.24) is 5.32 Å². The van der Waals surface area contributed by atoms with Crippen molar-refractivity contribution in [3.8, 4) is 11.5 Å². The molecule has 1 atom stereocenters. The molecule has 4 nitrogen and oxygen atoms in total. The molecular formula is C16H24N2O2. The van der Waals surface area contributed by atoms with Crippen molar-refractivity contribution in [3.63, 3.8) is 0 Å². The number of methoxy groups -OCH3 is 2. The van der Waals surface area contributed by atoms with Crippen LogP contribution in [0.15, 0.2) is 18.2 Å². The van der Waals surface area contributed by atoms with Gasteiger partial charge in [0, 0.05) is 25.2 Å². The minimum Gasteiger partial charge on any atom is -0.497 e. The number of nitrogens with zero attached hydrogens (tertiary/aromatic N) is 1. The quantitative estimate of drug-likeness (QED) is 0.864. The zero-order chi connectivity index (χ0) is 13.9. The fourth-order valence-corrected chi connectivity index (χ4v) is 2.89. The van der Waals surface area contributed by atoms with Gasteiger partial charge in [0.2, 0.25) is 0 Å². The number of rotatable bonds is 6. The molecule has 1 saturated carbocycles. The smallest absolute Gasteiger partial charge is 0.145 e. The van der Waals surface area contributed by atoms with Crippen molar-refractivity contribution in [3.05, 3.63) is 18.2 Å². The zero-order valence-electron chi connectivity index (χ0n) is 12.4. The summed E-state index contributed by atoms with van der Waals surface area (Å²) in [6.45, 7) is 3.38. The van der Waals surface area contributed by atoms with E-state index in [1.54, 1.807) is 14.2 Å². The van der Waals surface area contributed by atoms with Crippen molar-refractivity contribution in [1.29, 1.82) is 0 Å². The van der Waals surface area contributed by atoms with Gasteiger partial charge in [0.15, 0.2) is 0 Å². The van der Waals surface area contributed by atoms with Gasteiger partial charge >= 0.3 is 0 Å². The zero-order valence-corrected chi connectivity index (χ0v) is 12.4. The first-order valence-electron chi connectivity index (χ1n) is 7.50. The molecule has 0 bridgehead atoms. The van der Waals surface area contributed by atoms with E-state index in [0.717, 1.165) is 43.1 Å². The lowest BCUT2D eigenvalue weighted by atomic mass is 10.1. The number of ether oxygens (including phenoxy) is 2. The summed E-state index contributed by atoms with van der Waals surface area (Å²) in [6.07, 6.45) is 3.99. The molecule has 1 unspecified atom stereocenters. The molecule has 3 rings (SSSR count). The molecule has 0 aromatic heterocycles. The Hall–Kier alpha value is -1.42. The van der Waals surface area contributed by atoms with Crippen LogP contribution >= 0.6 is 0 Å². The second-order valence-corrected chi connectivity index (χ2v) is 5.82. The molecule has 2 fully saturated rings. The van der Waals surface area contributed by atoms with Crippen molar-refractivity contribution in [2.75, 3.05) is 38.8 Å². The topological polar surface area (TPSA) is 33.7 Å². The molecule has 2 aliphatic rings. The third-order valence-corrected chi connectivity index (χ3v) is 4.29. The van der Waals surface area contributed by atoms with Gasteiger partial charge in [-0.25, -0.2) is 0 Å². The lowest BCUT2D eigenvalue weighted by Gasteiger charge is -2.22. The second kappa shape index (κ2) is 5.92. The molecule has 0 spiro atoms. The monoisotopic (exact) mass is 276 g/mol. The highest BCUT2D eigenvalue weighted by Gasteiger charge is 2.27. The third kappa shape index (κ3) is 3.01. The van der Waals surface area contributed by atoms with Crippen LogP contribution in [0.25, 0.3) is 0 Å². The van der Waals surface area contributed by atoms with Gasteiger partial charge in [-0.2, -0.15) is 0 Å². The van der Waals surface area contributed by atoms with Crippen LogP contribution in [0.5, 0.6) is 11.5 Å². The SMILES string of the molecule is COc1ccc(N2CCC(CNC3CC3)C2)c(OC)c1.